The van der Waals surface area contributed by atoms with E-state index in [0.29, 0.717) is 11.7 Å². The zero-order chi connectivity index (χ0) is 15.7. The molecule has 1 N–H and O–H groups in total. The number of nitrogens with zero attached hydrogens (tertiary/aromatic N) is 1. The summed E-state index contributed by atoms with van der Waals surface area (Å²) in [7, 11) is 3.69. The maximum Gasteiger partial charge on any atom is 0.303 e. The van der Waals surface area contributed by atoms with Crippen molar-refractivity contribution in [2.75, 3.05) is 27.2 Å². The fourth-order valence-electron chi connectivity index (χ4n) is 3.16. The standard InChI is InChI=1S/C17H23NO4/c1-18-9-13(10-18)22-16-7-12(5-6-15(16)21-2)14(8-17(19)20)11-3-4-11/h5-7,11,13-14H,3-4,8-10H2,1-2H3,(H,19,20). The molecule has 5 nitrogen and oxygen atoms in total. The van der Waals surface area contributed by atoms with Gasteiger partial charge in [-0.05, 0) is 49.4 Å². The number of carbonyl (C=O) groups is 1. The summed E-state index contributed by atoms with van der Waals surface area (Å²) in [6, 6.07) is 5.85. The second-order valence-corrected chi connectivity index (χ2v) is 6.41. The molecule has 1 heterocycles. The first-order valence-corrected chi connectivity index (χ1v) is 7.81. The van der Waals surface area contributed by atoms with Crippen molar-refractivity contribution in [3.63, 3.8) is 0 Å². The Labute approximate surface area is 130 Å². The number of carboxylic acids is 1. The molecule has 3 rings (SSSR count). The molecule has 0 aromatic heterocycles. The molecule has 0 bridgehead atoms. The lowest BCUT2D eigenvalue weighted by molar-refractivity contribution is -0.137. The number of rotatable bonds is 7. The van der Waals surface area contributed by atoms with E-state index < -0.39 is 5.97 Å². The minimum Gasteiger partial charge on any atom is -0.493 e. The van der Waals surface area contributed by atoms with Gasteiger partial charge in [0.15, 0.2) is 11.5 Å². The summed E-state index contributed by atoms with van der Waals surface area (Å²) in [6.07, 6.45) is 2.61. The van der Waals surface area contributed by atoms with Gasteiger partial charge in [-0.1, -0.05) is 6.07 Å². The lowest BCUT2D eigenvalue weighted by Crippen LogP contribution is -2.51. The highest BCUT2D eigenvalue weighted by molar-refractivity contribution is 5.68. The van der Waals surface area contributed by atoms with E-state index in [1.807, 2.05) is 18.2 Å². The van der Waals surface area contributed by atoms with Crippen LogP contribution in [0.15, 0.2) is 18.2 Å². The maximum absolute atomic E-state index is 11.1. The normalized spacial score (nSPS) is 20.3. The summed E-state index contributed by atoms with van der Waals surface area (Å²) >= 11 is 0. The van der Waals surface area contributed by atoms with Crippen LogP contribution in [0.2, 0.25) is 0 Å². The number of methoxy groups -OCH3 is 1. The number of benzene rings is 1. The molecule has 1 saturated carbocycles. The third-order valence-electron chi connectivity index (χ3n) is 4.53. The second kappa shape index (κ2) is 6.16. The number of hydrogen-bond acceptors (Lipinski definition) is 4. The van der Waals surface area contributed by atoms with Gasteiger partial charge >= 0.3 is 5.97 Å². The van der Waals surface area contributed by atoms with Crippen molar-refractivity contribution < 1.29 is 19.4 Å². The zero-order valence-corrected chi connectivity index (χ0v) is 13.1. The predicted molar refractivity (Wildman–Crippen MR) is 82.6 cm³/mol. The molecule has 0 amide bonds. The van der Waals surface area contributed by atoms with Gasteiger partial charge in [0.2, 0.25) is 0 Å². The Morgan fingerprint density at radius 1 is 1.36 bits per heavy atom. The Kier molecular flexibility index (Phi) is 4.25. The first-order valence-electron chi connectivity index (χ1n) is 7.81. The quantitative estimate of drug-likeness (QED) is 0.838. The van der Waals surface area contributed by atoms with E-state index in [9.17, 15) is 4.79 Å². The fourth-order valence-corrected chi connectivity index (χ4v) is 3.16. The van der Waals surface area contributed by atoms with Crippen LogP contribution >= 0.6 is 0 Å². The van der Waals surface area contributed by atoms with E-state index in [2.05, 4.69) is 11.9 Å². The van der Waals surface area contributed by atoms with Crippen molar-refractivity contribution >= 4 is 5.97 Å². The van der Waals surface area contributed by atoms with Gasteiger partial charge in [-0.25, -0.2) is 0 Å². The van der Waals surface area contributed by atoms with E-state index in [0.717, 1.165) is 37.2 Å². The van der Waals surface area contributed by atoms with Crippen LogP contribution in [-0.2, 0) is 4.79 Å². The maximum atomic E-state index is 11.1. The molecular formula is C17H23NO4. The van der Waals surface area contributed by atoms with Crippen LogP contribution in [0.4, 0.5) is 0 Å². The lowest BCUT2D eigenvalue weighted by atomic mass is 9.91. The molecular weight excluding hydrogens is 282 g/mol. The number of likely N-dealkylation sites (tertiary alicyclic amines) is 1. The minimum atomic E-state index is -0.740. The smallest absolute Gasteiger partial charge is 0.303 e. The summed E-state index contributed by atoms with van der Waals surface area (Å²) in [5.74, 6) is 1.27. The number of hydrogen-bond donors (Lipinski definition) is 1. The number of aliphatic carboxylic acids is 1. The summed E-state index contributed by atoms with van der Waals surface area (Å²) in [5.41, 5.74) is 1.05. The first kappa shape index (κ1) is 15.2. The van der Waals surface area contributed by atoms with Gasteiger partial charge in [0, 0.05) is 13.1 Å². The summed E-state index contributed by atoms with van der Waals surface area (Å²) in [6.45, 7) is 1.82. The summed E-state index contributed by atoms with van der Waals surface area (Å²) in [5, 5.41) is 9.15. The highest BCUT2D eigenvalue weighted by atomic mass is 16.5. The van der Waals surface area contributed by atoms with E-state index >= 15 is 0 Å². The van der Waals surface area contributed by atoms with Gasteiger partial charge < -0.3 is 14.6 Å². The predicted octanol–water partition coefficient (Wildman–Crippen LogP) is 2.36. The van der Waals surface area contributed by atoms with Crippen LogP contribution in [0, 0.1) is 5.92 Å². The Morgan fingerprint density at radius 3 is 2.64 bits per heavy atom. The average Bonchev–Trinajstić information content (AvgIpc) is 3.27. The SMILES string of the molecule is COc1ccc(C(CC(=O)O)C2CC2)cc1OC1CN(C)C1. The summed E-state index contributed by atoms with van der Waals surface area (Å²) < 4.78 is 11.4. The zero-order valence-electron chi connectivity index (χ0n) is 13.1. The number of likely N-dealkylation sites (N-methyl/N-ethyl adjacent to an activating group) is 1. The van der Waals surface area contributed by atoms with Crippen molar-refractivity contribution in [1.82, 2.24) is 4.90 Å². The van der Waals surface area contributed by atoms with Crippen LogP contribution in [0.5, 0.6) is 11.5 Å². The Bertz CT molecular complexity index is 550. The molecule has 0 radical (unpaired) electrons. The second-order valence-electron chi connectivity index (χ2n) is 6.41. The molecule has 22 heavy (non-hydrogen) atoms. The van der Waals surface area contributed by atoms with Crippen LogP contribution < -0.4 is 9.47 Å². The fraction of sp³-hybridized carbons (Fsp3) is 0.588. The van der Waals surface area contributed by atoms with E-state index in [4.69, 9.17) is 14.6 Å². The highest BCUT2D eigenvalue weighted by Gasteiger charge is 2.34. The molecule has 1 aliphatic carbocycles. The van der Waals surface area contributed by atoms with E-state index in [-0.39, 0.29) is 18.4 Å². The minimum absolute atomic E-state index is 0.0785. The van der Waals surface area contributed by atoms with E-state index in [1.165, 1.54) is 0 Å². The van der Waals surface area contributed by atoms with Crippen molar-refractivity contribution in [3.8, 4) is 11.5 Å². The Balaban J connectivity index is 1.80. The molecule has 0 spiro atoms. The molecule has 1 atom stereocenters. The van der Waals surface area contributed by atoms with Crippen LogP contribution in [0.3, 0.4) is 0 Å². The topological polar surface area (TPSA) is 59.0 Å². The monoisotopic (exact) mass is 305 g/mol. The molecule has 1 saturated heterocycles. The molecule has 120 valence electrons. The molecule has 1 unspecified atom stereocenters. The highest BCUT2D eigenvalue weighted by Crippen LogP contribution is 2.46. The van der Waals surface area contributed by atoms with Crippen molar-refractivity contribution in [3.05, 3.63) is 23.8 Å². The molecule has 1 aromatic carbocycles. The largest absolute Gasteiger partial charge is 0.493 e. The molecule has 5 heteroatoms. The van der Waals surface area contributed by atoms with Gasteiger partial charge in [-0.2, -0.15) is 0 Å². The van der Waals surface area contributed by atoms with Crippen LogP contribution in [0.25, 0.3) is 0 Å². The first-order chi connectivity index (χ1) is 10.6. The molecule has 2 fully saturated rings. The van der Waals surface area contributed by atoms with Crippen LogP contribution in [-0.4, -0.2) is 49.3 Å². The van der Waals surface area contributed by atoms with Gasteiger partial charge in [0.25, 0.3) is 0 Å². The number of carboxylic acid groups (broad SMARTS) is 1. The van der Waals surface area contributed by atoms with Crippen molar-refractivity contribution in [2.24, 2.45) is 5.92 Å². The van der Waals surface area contributed by atoms with Gasteiger partial charge in [-0.3, -0.25) is 9.69 Å². The van der Waals surface area contributed by atoms with E-state index in [1.54, 1.807) is 7.11 Å². The number of ether oxygens (including phenoxy) is 2. The van der Waals surface area contributed by atoms with Crippen molar-refractivity contribution in [2.45, 2.75) is 31.3 Å². The van der Waals surface area contributed by atoms with Gasteiger partial charge in [0.05, 0.1) is 13.5 Å². The van der Waals surface area contributed by atoms with Crippen molar-refractivity contribution in [1.29, 1.82) is 0 Å². The Hall–Kier alpha value is -1.75. The van der Waals surface area contributed by atoms with Gasteiger partial charge in [0.1, 0.15) is 6.10 Å². The lowest BCUT2D eigenvalue weighted by Gasteiger charge is -2.36. The third-order valence-corrected chi connectivity index (χ3v) is 4.53. The third kappa shape index (κ3) is 3.35. The average molecular weight is 305 g/mol. The summed E-state index contributed by atoms with van der Waals surface area (Å²) in [4.78, 5) is 13.3. The van der Waals surface area contributed by atoms with Gasteiger partial charge in [-0.15, -0.1) is 0 Å². The molecule has 2 aliphatic rings. The Morgan fingerprint density at radius 2 is 2.09 bits per heavy atom. The molecule has 1 aromatic rings. The van der Waals surface area contributed by atoms with Crippen LogP contribution in [0.1, 0.15) is 30.7 Å². The molecule has 1 aliphatic heterocycles.